The number of likely N-dealkylation sites (N-methyl/N-ethyl adjacent to an activating group) is 1. The molecule has 0 bridgehead atoms. The van der Waals surface area contributed by atoms with Gasteiger partial charge in [0.25, 0.3) is 0 Å². The topological polar surface area (TPSA) is 53.1 Å². The van der Waals surface area contributed by atoms with Crippen molar-refractivity contribution < 1.29 is 0 Å². The van der Waals surface area contributed by atoms with Gasteiger partial charge in [-0.15, -0.1) is 0 Å². The van der Waals surface area contributed by atoms with Crippen LogP contribution in [0.2, 0.25) is 0 Å². The minimum absolute atomic E-state index is 0.300. The average molecular weight is 277 g/mol. The lowest BCUT2D eigenvalue weighted by Crippen LogP contribution is -2.54. The fraction of sp³-hybridized carbons (Fsp3) is 0.733. The highest BCUT2D eigenvalue weighted by atomic mass is 15.2. The molecule has 0 spiro atoms. The van der Waals surface area contributed by atoms with E-state index in [9.17, 15) is 0 Å². The number of anilines is 2. The van der Waals surface area contributed by atoms with Gasteiger partial charge in [-0.2, -0.15) is 4.98 Å². The second kappa shape index (κ2) is 6.39. The molecular weight excluding hydrogens is 250 g/mol. The fourth-order valence-corrected chi connectivity index (χ4v) is 2.56. The van der Waals surface area contributed by atoms with Gasteiger partial charge in [0.2, 0.25) is 5.95 Å². The Bertz CT molecular complexity index is 440. The Morgan fingerprint density at radius 3 is 2.60 bits per heavy atom. The predicted molar refractivity (Wildman–Crippen MR) is 84.3 cm³/mol. The first-order chi connectivity index (χ1) is 9.57. The predicted octanol–water partition coefficient (Wildman–Crippen LogP) is 2.50. The van der Waals surface area contributed by atoms with Gasteiger partial charge in [-0.1, -0.05) is 6.92 Å². The standard InChI is InChI=1S/C15H27N5/c1-5-9-16-14-17-10-12(2)13(19-14)18-11-15(20(3)4)7-6-8-15/h10H,5-9,11H2,1-4H3,(H2,16,17,18,19). The summed E-state index contributed by atoms with van der Waals surface area (Å²) in [6.45, 7) is 6.04. The van der Waals surface area contributed by atoms with E-state index in [1.54, 1.807) is 0 Å². The van der Waals surface area contributed by atoms with Crippen LogP contribution in [0.25, 0.3) is 0 Å². The van der Waals surface area contributed by atoms with Crippen LogP contribution in [0.1, 0.15) is 38.2 Å². The normalized spacial score (nSPS) is 16.9. The number of aryl methyl sites for hydroxylation is 1. The second-order valence-corrected chi connectivity index (χ2v) is 5.98. The summed E-state index contributed by atoms with van der Waals surface area (Å²) < 4.78 is 0. The zero-order valence-corrected chi connectivity index (χ0v) is 13.2. The smallest absolute Gasteiger partial charge is 0.224 e. The maximum Gasteiger partial charge on any atom is 0.224 e. The van der Waals surface area contributed by atoms with Gasteiger partial charge in [-0.3, -0.25) is 0 Å². The van der Waals surface area contributed by atoms with Crippen molar-refractivity contribution in [3.63, 3.8) is 0 Å². The van der Waals surface area contributed by atoms with E-state index in [0.29, 0.717) is 11.5 Å². The number of hydrogen-bond acceptors (Lipinski definition) is 5. The molecule has 0 aromatic carbocycles. The minimum Gasteiger partial charge on any atom is -0.368 e. The number of nitrogens with zero attached hydrogens (tertiary/aromatic N) is 3. The molecule has 20 heavy (non-hydrogen) atoms. The highest BCUT2D eigenvalue weighted by Gasteiger charge is 2.38. The Balaban J connectivity index is 2.01. The van der Waals surface area contributed by atoms with Crippen LogP contribution in [-0.2, 0) is 0 Å². The first-order valence-corrected chi connectivity index (χ1v) is 7.56. The van der Waals surface area contributed by atoms with Gasteiger partial charge < -0.3 is 15.5 Å². The lowest BCUT2D eigenvalue weighted by atomic mass is 9.75. The van der Waals surface area contributed by atoms with Crippen molar-refractivity contribution in [1.29, 1.82) is 0 Å². The van der Waals surface area contributed by atoms with E-state index in [4.69, 9.17) is 0 Å². The van der Waals surface area contributed by atoms with Gasteiger partial charge in [0, 0.05) is 30.4 Å². The SMILES string of the molecule is CCCNc1ncc(C)c(NCC2(N(C)C)CCC2)n1. The summed E-state index contributed by atoms with van der Waals surface area (Å²) in [6.07, 6.45) is 6.81. The van der Waals surface area contributed by atoms with Gasteiger partial charge in [0.05, 0.1) is 0 Å². The first-order valence-electron chi connectivity index (χ1n) is 7.56. The molecule has 0 radical (unpaired) electrons. The van der Waals surface area contributed by atoms with Crippen LogP contribution in [0, 0.1) is 6.92 Å². The van der Waals surface area contributed by atoms with Crippen LogP contribution in [0.3, 0.4) is 0 Å². The lowest BCUT2D eigenvalue weighted by molar-refractivity contribution is 0.0738. The molecule has 1 fully saturated rings. The van der Waals surface area contributed by atoms with E-state index in [-0.39, 0.29) is 0 Å². The largest absolute Gasteiger partial charge is 0.368 e. The number of nitrogens with one attached hydrogen (secondary N) is 2. The minimum atomic E-state index is 0.300. The van der Waals surface area contributed by atoms with Crippen molar-refractivity contribution in [2.24, 2.45) is 0 Å². The fourth-order valence-electron chi connectivity index (χ4n) is 2.56. The summed E-state index contributed by atoms with van der Waals surface area (Å²) in [5, 5.41) is 6.76. The third kappa shape index (κ3) is 3.20. The molecule has 0 amide bonds. The zero-order chi connectivity index (χ0) is 14.6. The van der Waals surface area contributed by atoms with E-state index < -0.39 is 0 Å². The molecule has 1 aliphatic carbocycles. The van der Waals surface area contributed by atoms with Crippen LogP contribution in [0.15, 0.2) is 6.20 Å². The molecule has 5 nitrogen and oxygen atoms in total. The van der Waals surface area contributed by atoms with E-state index in [2.05, 4.69) is 53.4 Å². The summed E-state index contributed by atoms with van der Waals surface area (Å²) in [5.74, 6) is 1.67. The van der Waals surface area contributed by atoms with Gasteiger partial charge in [-0.05, 0) is 46.7 Å². The average Bonchev–Trinajstić information content (AvgIpc) is 2.37. The third-order valence-corrected chi connectivity index (χ3v) is 4.32. The zero-order valence-electron chi connectivity index (χ0n) is 13.2. The summed E-state index contributed by atoms with van der Waals surface area (Å²) in [7, 11) is 4.34. The van der Waals surface area contributed by atoms with Crippen molar-refractivity contribution in [1.82, 2.24) is 14.9 Å². The Kier molecular flexibility index (Phi) is 4.81. The summed E-state index contributed by atoms with van der Waals surface area (Å²) in [5.41, 5.74) is 1.40. The molecule has 0 atom stereocenters. The lowest BCUT2D eigenvalue weighted by Gasteiger charge is -2.47. The van der Waals surface area contributed by atoms with Crippen molar-refractivity contribution >= 4 is 11.8 Å². The summed E-state index contributed by atoms with van der Waals surface area (Å²) >= 11 is 0. The molecule has 2 N–H and O–H groups in total. The van der Waals surface area contributed by atoms with Gasteiger partial charge in [0.1, 0.15) is 5.82 Å². The van der Waals surface area contributed by atoms with Crippen molar-refractivity contribution in [2.45, 2.75) is 45.1 Å². The van der Waals surface area contributed by atoms with Crippen molar-refractivity contribution in [2.75, 3.05) is 37.8 Å². The van der Waals surface area contributed by atoms with Crippen LogP contribution in [-0.4, -0.2) is 47.6 Å². The quantitative estimate of drug-likeness (QED) is 0.802. The monoisotopic (exact) mass is 277 g/mol. The summed E-state index contributed by atoms with van der Waals surface area (Å²) in [4.78, 5) is 11.2. The van der Waals surface area contributed by atoms with Gasteiger partial charge in [0.15, 0.2) is 0 Å². The second-order valence-electron chi connectivity index (χ2n) is 5.98. The molecule has 1 aromatic rings. The highest BCUT2D eigenvalue weighted by Crippen LogP contribution is 2.36. The molecule has 1 saturated carbocycles. The Hall–Kier alpha value is -1.36. The van der Waals surface area contributed by atoms with Crippen molar-refractivity contribution in [3.05, 3.63) is 11.8 Å². The highest BCUT2D eigenvalue weighted by molar-refractivity contribution is 5.46. The van der Waals surface area contributed by atoms with E-state index >= 15 is 0 Å². The third-order valence-electron chi connectivity index (χ3n) is 4.32. The van der Waals surface area contributed by atoms with Gasteiger partial charge in [-0.25, -0.2) is 4.98 Å². The maximum atomic E-state index is 4.58. The number of hydrogen-bond donors (Lipinski definition) is 2. The van der Waals surface area contributed by atoms with E-state index in [0.717, 1.165) is 30.9 Å². The van der Waals surface area contributed by atoms with Crippen LogP contribution in [0.4, 0.5) is 11.8 Å². The molecular formula is C15H27N5. The van der Waals surface area contributed by atoms with Crippen molar-refractivity contribution in [3.8, 4) is 0 Å². The molecule has 0 unspecified atom stereocenters. The molecule has 112 valence electrons. The first kappa shape index (κ1) is 15.0. The van der Waals surface area contributed by atoms with E-state index in [1.165, 1.54) is 19.3 Å². The molecule has 5 heteroatoms. The maximum absolute atomic E-state index is 4.58. The van der Waals surface area contributed by atoms with Gasteiger partial charge >= 0.3 is 0 Å². The molecule has 1 aromatic heterocycles. The summed E-state index contributed by atoms with van der Waals surface area (Å²) in [6, 6.07) is 0. The molecule has 1 heterocycles. The molecule has 0 aliphatic heterocycles. The van der Waals surface area contributed by atoms with Crippen LogP contribution >= 0.6 is 0 Å². The molecule has 2 rings (SSSR count). The Morgan fingerprint density at radius 2 is 2.05 bits per heavy atom. The molecule has 0 saturated heterocycles. The van der Waals surface area contributed by atoms with Crippen LogP contribution < -0.4 is 10.6 Å². The van der Waals surface area contributed by atoms with Crippen LogP contribution in [0.5, 0.6) is 0 Å². The number of aromatic nitrogens is 2. The Morgan fingerprint density at radius 1 is 1.30 bits per heavy atom. The number of rotatable bonds is 7. The Labute approximate surface area is 122 Å². The van der Waals surface area contributed by atoms with E-state index in [1.807, 2.05) is 6.20 Å². The molecule has 1 aliphatic rings.